The number of nitrogens with two attached hydrogens (primary N) is 1. The van der Waals surface area contributed by atoms with E-state index in [9.17, 15) is 0 Å². The van der Waals surface area contributed by atoms with Gasteiger partial charge in [0.05, 0.1) is 0 Å². The monoisotopic (exact) mass is 204 g/mol. The van der Waals surface area contributed by atoms with Gasteiger partial charge in [-0.25, -0.2) is 15.0 Å². The van der Waals surface area contributed by atoms with E-state index >= 15 is 0 Å². The van der Waals surface area contributed by atoms with Crippen molar-refractivity contribution in [2.75, 3.05) is 0 Å². The highest BCUT2D eigenvalue weighted by Gasteiger charge is 2.10. The van der Waals surface area contributed by atoms with E-state index in [1.54, 1.807) is 23.3 Å². The van der Waals surface area contributed by atoms with E-state index in [2.05, 4.69) is 20.1 Å². The van der Waals surface area contributed by atoms with Crippen molar-refractivity contribution in [3.05, 3.63) is 36.8 Å². The zero-order chi connectivity index (χ0) is 10.7. The van der Waals surface area contributed by atoms with Gasteiger partial charge in [0.15, 0.2) is 17.3 Å². The molecule has 0 aliphatic rings. The molecule has 0 aliphatic carbocycles. The molecule has 3 N–H and O–H groups in total. The van der Waals surface area contributed by atoms with Crippen LogP contribution in [0.25, 0.3) is 5.82 Å². The van der Waals surface area contributed by atoms with Gasteiger partial charge >= 0.3 is 0 Å². The maximum absolute atomic E-state index is 8.58. The predicted molar refractivity (Wildman–Crippen MR) is 51.7 cm³/mol. The summed E-state index contributed by atoms with van der Waals surface area (Å²) < 4.78 is 1.63. The Bertz CT molecular complexity index is 478. The van der Waals surface area contributed by atoms with Crippen molar-refractivity contribution < 1.29 is 5.21 Å². The second-order valence-corrected chi connectivity index (χ2v) is 2.68. The van der Waals surface area contributed by atoms with Crippen molar-refractivity contribution in [1.82, 2.24) is 19.5 Å². The molecule has 0 aromatic carbocycles. The van der Waals surface area contributed by atoms with Gasteiger partial charge in [0.2, 0.25) is 0 Å². The van der Waals surface area contributed by atoms with Gasteiger partial charge in [0, 0.05) is 24.8 Å². The Kier molecular flexibility index (Phi) is 2.28. The number of aromatic nitrogens is 4. The standard InChI is InChI=1S/C8H8N6O/c9-7(13-15)6-8(12-2-1-11-6)14-4-3-10-5-14/h1-5,15H,(H2,9,13). The lowest BCUT2D eigenvalue weighted by atomic mass is 10.4. The van der Waals surface area contributed by atoms with Gasteiger partial charge in [-0.1, -0.05) is 5.16 Å². The van der Waals surface area contributed by atoms with Crippen LogP contribution in [0.4, 0.5) is 0 Å². The number of hydrogen-bond acceptors (Lipinski definition) is 5. The van der Waals surface area contributed by atoms with E-state index in [1.807, 2.05) is 0 Å². The fourth-order valence-electron chi connectivity index (χ4n) is 1.13. The lowest BCUT2D eigenvalue weighted by Crippen LogP contribution is -2.18. The van der Waals surface area contributed by atoms with Gasteiger partial charge in [-0.3, -0.25) is 4.57 Å². The highest BCUT2D eigenvalue weighted by molar-refractivity contribution is 5.97. The molecule has 2 rings (SSSR count). The van der Waals surface area contributed by atoms with Crippen LogP contribution >= 0.6 is 0 Å². The van der Waals surface area contributed by atoms with Crippen LogP contribution in [0.3, 0.4) is 0 Å². The highest BCUT2D eigenvalue weighted by Crippen LogP contribution is 2.07. The van der Waals surface area contributed by atoms with Crippen molar-refractivity contribution in [1.29, 1.82) is 0 Å². The van der Waals surface area contributed by atoms with E-state index in [1.165, 1.54) is 12.4 Å². The van der Waals surface area contributed by atoms with Crippen molar-refractivity contribution in [2.24, 2.45) is 10.9 Å². The van der Waals surface area contributed by atoms with Crippen LogP contribution in [-0.4, -0.2) is 30.6 Å². The third kappa shape index (κ3) is 1.62. The molecule has 0 unspecified atom stereocenters. The Morgan fingerprint density at radius 3 is 2.80 bits per heavy atom. The largest absolute Gasteiger partial charge is 0.409 e. The molecule has 0 amide bonds. The summed E-state index contributed by atoms with van der Waals surface area (Å²) in [4.78, 5) is 11.9. The van der Waals surface area contributed by atoms with Crippen molar-refractivity contribution in [3.8, 4) is 5.82 Å². The third-order valence-corrected chi connectivity index (χ3v) is 1.78. The Morgan fingerprint density at radius 2 is 2.13 bits per heavy atom. The average molecular weight is 204 g/mol. The molecule has 0 saturated heterocycles. The molecular formula is C8H8N6O. The number of nitrogens with zero attached hydrogens (tertiary/aromatic N) is 5. The van der Waals surface area contributed by atoms with Gasteiger partial charge in [-0.05, 0) is 0 Å². The summed E-state index contributed by atoms with van der Waals surface area (Å²) in [5.41, 5.74) is 5.77. The Labute approximate surface area is 84.9 Å². The molecular weight excluding hydrogens is 196 g/mol. The highest BCUT2D eigenvalue weighted by atomic mass is 16.4. The van der Waals surface area contributed by atoms with Crippen LogP contribution in [-0.2, 0) is 0 Å². The summed E-state index contributed by atoms with van der Waals surface area (Å²) in [6, 6.07) is 0. The summed E-state index contributed by atoms with van der Waals surface area (Å²) in [6.45, 7) is 0. The molecule has 7 nitrogen and oxygen atoms in total. The van der Waals surface area contributed by atoms with Gasteiger partial charge in [-0.15, -0.1) is 0 Å². The first-order valence-electron chi connectivity index (χ1n) is 4.10. The zero-order valence-electron chi connectivity index (χ0n) is 7.65. The second kappa shape index (κ2) is 3.74. The molecule has 0 spiro atoms. The second-order valence-electron chi connectivity index (χ2n) is 2.68. The van der Waals surface area contributed by atoms with E-state index in [0.717, 1.165) is 0 Å². The molecule has 0 bridgehead atoms. The maximum Gasteiger partial charge on any atom is 0.192 e. The smallest absolute Gasteiger partial charge is 0.192 e. The first kappa shape index (κ1) is 9.13. The summed E-state index contributed by atoms with van der Waals surface area (Å²) in [6.07, 6.45) is 7.83. The number of hydrogen-bond donors (Lipinski definition) is 2. The topological polar surface area (TPSA) is 102 Å². The zero-order valence-corrected chi connectivity index (χ0v) is 7.65. The summed E-state index contributed by atoms with van der Waals surface area (Å²) >= 11 is 0. The van der Waals surface area contributed by atoms with Crippen molar-refractivity contribution >= 4 is 5.84 Å². The lowest BCUT2D eigenvalue weighted by molar-refractivity contribution is 0.318. The van der Waals surface area contributed by atoms with Crippen molar-refractivity contribution in [2.45, 2.75) is 0 Å². The van der Waals surface area contributed by atoms with Gasteiger partial charge < -0.3 is 10.9 Å². The number of oxime groups is 1. The van der Waals surface area contributed by atoms with Crippen LogP contribution < -0.4 is 5.73 Å². The summed E-state index contributed by atoms with van der Waals surface area (Å²) in [5, 5.41) is 11.5. The van der Waals surface area contributed by atoms with Gasteiger partial charge in [0.1, 0.15) is 6.33 Å². The SMILES string of the molecule is NC(=NO)c1nccnc1-n1ccnc1. The van der Waals surface area contributed by atoms with Crippen molar-refractivity contribution in [3.63, 3.8) is 0 Å². The third-order valence-electron chi connectivity index (χ3n) is 1.78. The Morgan fingerprint density at radius 1 is 1.33 bits per heavy atom. The minimum atomic E-state index is -0.0909. The molecule has 0 aliphatic heterocycles. The normalized spacial score (nSPS) is 11.6. The van der Waals surface area contributed by atoms with Crippen LogP contribution in [0.5, 0.6) is 0 Å². The molecule has 0 saturated carbocycles. The van der Waals surface area contributed by atoms with Crippen LogP contribution in [0, 0.1) is 0 Å². The number of imidazole rings is 1. The molecule has 15 heavy (non-hydrogen) atoms. The molecule has 0 atom stereocenters. The average Bonchev–Trinajstić information content (AvgIpc) is 2.81. The first-order chi connectivity index (χ1) is 7.33. The molecule has 2 aromatic rings. The maximum atomic E-state index is 8.58. The predicted octanol–water partition coefficient (Wildman–Crippen LogP) is -0.243. The summed E-state index contributed by atoms with van der Waals surface area (Å²) in [5.74, 6) is 0.372. The van der Waals surface area contributed by atoms with E-state index in [-0.39, 0.29) is 5.84 Å². The Balaban J connectivity index is 2.57. The van der Waals surface area contributed by atoms with E-state index in [4.69, 9.17) is 10.9 Å². The molecule has 2 heterocycles. The minimum Gasteiger partial charge on any atom is -0.409 e. The number of rotatable bonds is 2. The first-order valence-corrected chi connectivity index (χ1v) is 4.10. The van der Waals surface area contributed by atoms with Gasteiger partial charge in [-0.2, -0.15) is 0 Å². The van der Waals surface area contributed by atoms with Gasteiger partial charge in [0.25, 0.3) is 0 Å². The van der Waals surface area contributed by atoms with E-state index in [0.29, 0.717) is 11.5 Å². The van der Waals surface area contributed by atoms with Crippen LogP contribution in [0.1, 0.15) is 5.69 Å². The summed E-state index contributed by atoms with van der Waals surface area (Å²) in [7, 11) is 0. The molecule has 0 fully saturated rings. The molecule has 76 valence electrons. The molecule has 0 radical (unpaired) electrons. The number of amidine groups is 1. The molecule has 7 heteroatoms. The van der Waals surface area contributed by atoms with Crippen LogP contribution in [0.15, 0.2) is 36.3 Å². The Hall–Kier alpha value is -2.44. The minimum absolute atomic E-state index is 0.0909. The molecule has 2 aromatic heterocycles. The fourth-order valence-corrected chi connectivity index (χ4v) is 1.13. The lowest BCUT2D eigenvalue weighted by Gasteiger charge is -2.05. The van der Waals surface area contributed by atoms with E-state index < -0.39 is 0 Å². The fraction of sp³-hybridized carbons (Fsp3) is 0. The van der Waals surface area contributed by atoms with Crippen LogP contribution in [0.2, 0.25) is 0 Å². The quantitative estimate of drug-likeness (QED) is 0.304.